The number of rotatable bonds is 3. The monoisotopic (exact) mass is 361 g/mol. The molecule has 0 bridgehead atoms. The fourth-order valence-corrected chi connectivity index (χ4v) is 4.62. The van der Waals surface area contributed by atoms with Crippen molar-refractivity contribution in [2.45, 2.75) is 25.2 Å². The van der Waals surface area contributed by atoms with Crippen molar-refractivity contribution in [3.63, 3.8) is 0 Å². The topological polar surface area (TPSA) is 74.7 Å². The molecular formula is C13H16BrNO4S. The van der Waals surface area contributed by atoms with E-state index in [9.17, 15) is 18.3 Å². The summed E-state index contributed by atoms with van der Waals surface area (Å²) in [6.07, 6.45) is 0.328. The maximum Gasteiger partial charge on any atom is 0.310 e. The smallest absolute Gasteiger partial charge is 0.310 e. The van der Waals surface area contributed by atoms with Gasteiger partial charge in [-0.2, -0.15) is 4.31 Å². The van der Waals surface area contributed by atoms with Gasteiger partial charge in [0.25, 0.3) is 0 Å². The quantitative estimate of drug-likeness (QED) is 0.895. The fraction of sp³-hybridized carbons (Fsp3) is 0.462. The Morgan fingerprint density at radius 3 is 2.65 bits per heavy atom. The van der Waals surface area contributed by atoms with Crippen LogP contribution in [0, 0.1) is 12.3 Å². The minimum atomic E-state index is -3.66. The molecule has 1 aliphatic rings. The van der Waals surface area contributed by atoms with Gasteiger partial charge in [-0.1, -0.05) is 22.0 Å². The van der Waals surface area contributed by atoms with Crippen molar-refractivity contribution in [3.05, 3.63) is 28.2 Å². The van der Waals surface area contributed by atoms with Crippen LogP contribution in [0.2, 0.25) is 0 Å². The SMILES string of the molecule is Cc1ccc(Br)cc1S(=O)(=O)N1CCC(C)(C(=O)O)C1. The molecule has 0 aliphatic carbocycles. The minimum absolute atomic E-state index is 0.0105. The lowest BCUT2D eigenvalue weighted by molar-refractivity contribution is -0.146. The van der Waals surface area contributed by atoms with E-state index >= 15 is 0 Å². The number of nitrogens with zero attached hydrogens (tertiary/aromatic N) is 1. The number of aryl methyl sites for hydroxylation is 1. The predicted molar refractivity (Wildman–Crippen MR) is 78.0 cm³/mol. The molecule has 1 unspecified atom stereocenters. The maximum absolute atomic E-state index is 12.6. The van der Waals surface area contributed by atoms with Crippen LogP contribution in [0.4, 0.5) is 0 Å². The van der Waals surface area contributed by atoms with E-state index in [1.165, 1.54) is 4.31 Å². The van der Waals surface area contributed by atoms with Crippen molar-refractivity contribution < 1.29 is 18.3 Å². The van der Waals surface area contributed by atoms with Crippen molar-refractivity contribution in [2.24, 2.45) is 5.41 Å². The lowest BCUT2D eigenvalue weighted by Crippen LogP contribution is -2.35. The van der Waals surface area contributed by atoms with Crippen LogP contribution < -0.4 is 0 Å². The zero-order valence-corrected chi connectivity index (χ0v) is 13.7. The van der Waals surface area contributed by atoms with E-state index in [1.807, 2.05) is 0 Å². The van der Waals surface area contributed by atoms with Gasteiger partial charge in [0.1, 0.15) is 0 Å². The second kappa shape index (κ2) is 5.13. The van der Waals surface area contributed by atoms with Crippen molar-refractivity contribution >= 4 is 31.9 Å². The molecule has 1 fully saturated rings. The standard InChI is InChI=1S/C13H16BrNO4S/c1-9-3-4-10(14)7-11(9)20(18,19)15-6-5-13(2,8-15)12(16)17/h3-4,7H,5-6,8H2,1-2H3,(H,16,17). The van der Waals surface area contributed by atoms with Crippen LogP contribution in [-0.4, -0.2) is 36.9 Å². The van der Waals surface area contributed by atoms with Gasteiger partial charge in [-0.25, -0.2) is 8.42 Å². The number of benzene rings is 1. The molecule has 7 heteroatoms. The minimum Gasteiger partial charge on any atom is -0.481 e. The molecule has 5 nitrogen and oxygen atoms in total. The Bertz CT molecular complexity index is 658. The molecule has 1 aromatic carbocycles. The largest absolute Gasteiger partial charge is 0.481 e. The van der Waals surface area contributed by atoms with Crippen LogP contribution in [0.5, 0.6) is 0 Å². The summed E-state index contributed by atoms with van der Waals surface area (Å²) >= 11 is 3.27. The van der Waals surface area contributed by atoms with E-state index in [4.69, 9.17) is 0 Å². The van der Waals surface area contributed by atoms with E-state index in [0.717, 1.165) is 0 Å². The molecule has 20 heavy (non-hydrogen) atoms. The highest BCUT2D eigenvalue weighted by atomic mass is 79.9. The average molecular weight is 362 g/mol. The third kappa shape index (κ3) is 2.62. The Morgan fingerprint density at radius 1 is 1.45 bits per heavy atom. The van der Waals surface area contributed by atoms with Crippen LogP contribution in [0.15, 0.2) is 27.6 Å². The highest BCUT2D eigenvalue weighted by Crippen LogP contribution is 2.34. The molecule has 2 rings (SSSR count). The van der Waals surface area contributed by atoms with Crippen molar-refractivity contribution in [1.29, 1.82) is 0 Å². The highest BCUT2D eigenvalue weighted by molar-refractivity contribution is 9.10. The molecule has 1 N–H and O–H groups in total. The van der Waals surface area contributed by atoms with Gasteiger partial charge in [0.15, 0.2) is 0 Å². The third-order valence-electron chi connectivity index (χ3n) is 3.72. The average Bonchev–Trinajstić information content (AvgIpc) is 2.77. The van der Waals surface area contributed by atoms with Crippen LogP contribution in [0.1, 0.15) is 18.9 Å². The lowest BCUT2D eigenvalue weighted by atomic mass is 9.90. The van der Waals surface area contributed by atoms with E-state index in [1.54, 1.807) is 32.0 Å². The van der Waals surface area contributed by atoms with Gasteiger partial charge in [-0.3, -0.25) is 4.79 Å². The lowest BCUT2D eigenvalue weighted by Gasteiger charge is -2.21. The summed E-state index contributed by atoms with van der Waals surface area (Å²) in [7, 11) is -3.66. The molecule has 1 saturated heterocycles. The van der Waals surface area contributed by atoms with Gasteiger partial charge in [-0.15, -0.1) is 0 Å². The first-order valence-corrected chi connectivity index (χ1v) is 8.40. The molecule has 0 saturated carbocycles. The maximum atomic E-state index is 12.6. The first-order chi connectivity index (χ1) is 9.17. The Morgan fingerprint density at radius 2 is 2.10 bits per heavy atom. The first kappa shape index (κ1) is 15.5. The van der Waals surface area contributed by atoms with Gasteiger partial charge >= 0.3 is 5.97 Å². The van der Waals surface area contributed by atoms with Crippen molar-refractivity contribution in [3.8, 4) is 0 Å². The molecule has 0 radical (unpaired) electrons. The molecule has 0 amide bonds. The van der Waals surface area contributed by atoms with Crippen molar-refractivity contribution in [2.75, 3.05) is 13.1 Å². The number of carboxylic acids is 1. The Kier molecular flexibility index (Phi) is 3.96. The molecule has 1 aromatic rings. The second-order valence-electron chi connectivity index (χ2n) is 5.36. The summed E-state index contributed by atoms with van der Waals surface area (Å²) in [4.78, 5) is 11.4. The molecule has 1 atom stereocenters. The van der Waals surface area contributed by atoms with Gasteiger partial charge < -0.3 is 5.11 Å². The predicted octanol–water partition coefficient (Wildman–Crippen LogP) is 2.24. The fourth-order valence-electron chi connectivity index (χ4n) is 2.29. The summed E-state index contributed by atoms with van der Waals surface area (Å²) < 4.78 is 27.2. The molecule has 0 spiro atoms. The first-order valence-electron chi connectivity index (χ1n) is 6.16. The van der Waals surface area contributed by atoms with Gasteiger partial charge in [0.2, 0.25) is 10.0 Å². The number of aliphatic carboxylic acids is 1. The molecular weight excluding hydrogens is 346 g/mol. The zero-order valence-electron chi connectivity index (χ0n) is 11.3. The second-order valence-corrected chi connectivity index (χ2v) is 8.19. The summed E-state index contributed by atoms with van der Waals surface area (Å²) in [5.74, 6) is -0.957. The van der Waals surface area contributed by atoms with Crippen LogP contribution >= 0.6 is 15.9 Å². The number of halogens is 1. The third-order valence-corrected chi connectivity index (χ3v) is 6.20. The number of hydrogen-bond acceptors (Lipinski definition) is 3. The van der Waals surface area contributed by atoms with Crippen LogP contribution in [-0.2, 0) is 14.8 Å². The van der Waals surface area contributed by atoms with E-state index in [2.05, 4.69) is 15.9 Å². The molecule has 110 valence electrons. The summed E-state index contributed by atoms with van der Waals surface area (Å²) in [5.41, 5.74) is -0.357. The number of carboxylic acid groups (broad SMARTS) is 1. The van der Waals surface area contributed by atoms with Gasteiger partial charge in [-0.05, 0) is 38.0 Å². The molecule has 1 heterocycles. The van der Waals surface area contributed by atoms with Crippen LogP contribution in [0.3, 0.4) is 0 Å². The Hall–Kier alpha value is -0.920. The number of sulfonamides is 1. The zero-order chi connectivity index (χ0) is 15.1. The van der Waals surface area contributed by atoms with Crippen molar-refractivity contribution in [1.82, 2.24) is 4.31 Å². The van der Waals surface area contributed by atoms with Gasteiger partial charge in [0, 0.05) is 17.6 Å². The summed E-state index contributed by atoms with van der Waals surface area (Å²) in [5, 5.41) is 9.20. The Balaban J connectivity index is 2.38. The molecule has 1 aliphatic heterocycles. The molecule has 0 aromatic heterocycles. The van der Waals surface area contributed by atoms with E-state index in [-0.39, 0.29) is 18.0 Å². The summed E-state index contributed by atoms with van der Waals surface area (Å²) in [6.45, 7) is 3.55. The number of carbonyl (C=O) groups is 1. The van der Waals surface area contributed by atoms with E-state index < -0.39 is 21.4 Å². The van der Waals surface area contributed by atoms with Crippen LogP contribution in [0.25, 0.3) is 0 Å². The normalized spacial score (nSPS) is 23.9. The Labute approximate surface area is 126 Å². The highest BCUT2D eigenvalue weighted by Gasteiger charge is 2.45. The summed E-state index contributed by atoms with van der Waals surface area (Å²) in [6, 6.07) is 5.06. The van der Waals surface area contributed by atoms with E-state index in [0.29, 0.717) is 16.5 Å². The number of hydrogen-bond donors (Lipinski definition) is 1. The van der Waals surface area contributed by atoms with Gasteiger partial charge in [0.05, 0.1) is 10.3 Å².